The van der Waals surface area contributed by atoms with Crippen molar-refractivity contribution >= 4 is 18.9 Å². The van der Waals surface area contributed by atoms with Crippen molar-refractivity contribution in [1.29, 1.82) is 0 Å². The molecule has 1 unspecified atom stereocenters. The van der Waals surface area contributed by atoms with E-state index in [1.807, 2.05) is 19.1 Å². The Hall–Kier alpha value is -1.45. The van der Waals surface area contributed by atoms with Crippen LogP contribution in [0.4, 0.5) is 5.69 Å². The molecule has 0 bridgehead atoms. The maximum absolute atomic E-state index is 11.3. The lowest BCUT2D eigenvalue weighted by atomic mass is 9.95. The van der Waals surface area contributed by atoms with Crippen molar-refractivity contribution in [3.63, 3.8) is 0 Å². The summed E-state index contributed by atoms with van der Waals surface area (Å²) in [7, 11) is 1.38. The molecule has 1 heterocycles. The van der Waals surface area contributed by atoms with E-state index in [2.05, 4.69) is 6.07 Å². The van der Waals surface area contributed by atoms with E-state index in [0.717, 1.165) is 24.3 Å². The van der Waals surface area contributed by atoms with Gasteiger partial charge in [0.15, 0.2) is 0 Å². The van der Waals surface area contributed by atoms with Crippen LogP contribution in [0.2, 0.25) is 12.1 Å². The molecule has 1 aliphatic rings. The molecule has 4 heteroatoms. The molecule has 3 nitrogen and oxygen atoms in total. The molecule has 102 valence electrons. The number of hydrogen-bond acceptors (Lipinski definition) is 3. The molecule has 2 rings (SSSR count). The summed E-state index contributed by atoms with van der Waals surface area (Å²) in [5.74, 6) is 0.793. The van der Waals surface area contributed by atoms with Gasteiger partial charge < -0.3 is 10.5 Å². The van der Waals surface area contributed by atoms with Gasteiger partial charge in [-0.3, -0.25) is 4.79 Å². The summed E-state index contributed by atoms with van der Waals surface area (Å²) in [6.45, 7) is 2.28. The zero-order valence-corrected chi connectivity index (χ0v) is 11.7. The Morgan fingerprint density at radius 1 is 1.47 bits per heavy atom. The highest BCUT2D eigenvalue weighted by molar-refractivity contribution is 6.50. The number of nitrogen functional groups attached to an aromatic ring is 1. The molecule has 1 saturated heterocycles. The SMILES string of the molecule is CCOC(=O)CCc1ccc(N)c(CCC2BC2)c1. The molecule has 1 atom stereocenters. The molecular formula is C15H22BNO2. The molecule has 2 N–H and O–H groups in total. The van der Waals surface area contributed by atoms with Gasteiger partial charge in [0.2, 0.25) is 0 Å². The highest BCUT2D eigenvalue weighted by atomic mass is 16.5. The Labute approximate surface area is 115 Å². The first-order valence-electron chi connectivity index (χ1n) is 7.22. The van der Waals surface area contributed by atoms with Gasteiger partial charge in [-0.2, -0.15) is 0 Å². The van der Waals surface area contributed by atoms with Crippen molar-refractivity contribution < 1.29 is 9.53 Å². The lowest BCUT2D eigenvalue weighted by molar-refractivity contribution is -0.143. The van der Waals surface area contributed by atoms with Crippen LogP contribution < -0.4 is 5.73 Å². The van der Waals surface area contributed by atoms with Gasteiger partial charge in [-0.1, -0.05) is 30.7 Å². The monoisotopic (exact) mass is 259 g/mol. The lowest BCUT2D eigenvalue weighted by Gasteiger charge is -2.08. The minimum Gasteiger partial charge on any atom is -0.466 e. The van der Waals surface area contributed by atoms with Gasteiger partial charge >= 0.3 is 5.97 Å². The average molecular weight is 259 g/mol. The number of ether oxygens (including phenoxy) is 1. The van der Waals surface area contributed by atoms with Crippen LogP contribution in [0, 0.1) is 0 Å². The standard InChI is InChI=1S/C15H22BNO2/c1-2-19-15(18)8-4-11-3-7-14(17)12(9-11)5-6-13-10-16-13/h3,7,9,13,16H,2,4-6,8,10,17H2,1H3. The Morgan fingerprint density at radius 3 is 2.95 bits per heavy atom. The topological polar surface area (TPSA) is 52.3 Å². The Kier molecular flexibility index (Phi) is 4.89. The van der Waals surface area contributed by atoms with Gasteiger partial charge in [0.05, 0.1) is 6.61 Å². The number of nitrogens with two attached hydrogens (primary N) is 1. The van der Waals surface area contributed by atoms with E-state index in [1.54, 1.807) is 0 Å². The number of aryl methyl sites for hydroxylation is 2. The van der Waals surface area contributed by atoms with Crippen LogP contribution in [0.3, 0.4) is 0 Å². The molecule has 0 spiro atoms. The van der Waals surface area contributed by atoms with Crippen molar-refractivity contribution in [2.75, 3.05) is 12.3 Å². The number of carbonyl (C=O) groups is 1. The molecule has 0 aromatic heterocycles. The molecule has 0 amide bonds. The highest BCUT2D eigenvalue weighted by Crippen LogP contribution is 2.33. The molecule has 0 saturated carbocycles. The Balaban J connectivity index is 1.89. The van der Waals surface area contributed by atoms with E-state index < -0.39 is 0 Å². The number of esters is 1. The fourth-order valence-electron chi connectivity index (χ4n) is 2.28. The molecule has 19 heavy (non-hydrogen) atoms. The van der Waals surface area contributed by atoms with E-state index in [9.17, 15) is 4.79 Å². The van der Waals surface area contributed by atoms with E-state index >= 15 is 0 Å². The third-order valence-electron chi connectivity index (χ3n) is 3.65. The van der Waals surface area contributed by atoms with Crippen LogP contribution in [-0.4, -0.2) is 19.9 Å². The first-order valence-corrected chi connectivity index (χ1v) is 7.22. The first kappa shape index (κ1) is 14.0. The van der Waals surface area contributed by atoms with Gasteiger partial charge in [0.1, 0.15) is 7.28 Å². The van der Waals surface area contributed by atoms with E-state index in [0.29, 0.717) is 13.0 Å². The van der Waals surface area contributed by atoms with Crippen molar-refractivity contribution in [2.45, 2.75) is 44.7 Å². The summed E-state index contributed by atoms with van der Waals surface area (Å²) in [6.07, 6.45) is 4.85. The molecule has 1 aromatic rings. The number of benzene rings is 1. The third-order valence-corrected chi connectivity index (χ3v) is 3.65. The smallest absolute Gasteiger partial charge is 0.306 e. The van der Waals surface area contributed by atoms with Crippen LogP contribution >= 0.6 is 0 Å². The number of carbonyl (C=O) groups excluding carboxylic acids is 1. The summed E-state index contributed by atoms with van der Waals surface area (Å²) < 4.78 is 4.94. The minimum atomic E-state index is -0.126. The van der Waals surface area contributed by atoms with Crippen LogP contribution in [0.5, 0.6) is 0 Å². The summed E-state index contributed by atoms with van der Waals surface area (Å²) >= 11 is 0. The molecule has 0 radical (unpaired) electrons. The predicted octanol–water partition coefficient (Wildman–Crippen LogP) is 2.35. The maximum atomic E-state index is 11.3. The third kappa shape index (κ3) is 4.62. The zero-order chi connectivity index (χ0) is 13.7. The Bertz CT molecular complexity index is 444. The minimum absolute atomic E-state index is 0.126. The summed E-state index contributed by atoms with van der Waals surface area (Å²) in [6, 6.07) is 6.12. The lowest BCUT2D eigenvalue weighted by Crippen LogP contribution is -2.05. The second-order valence-corrected chi connectivity index (χ2v) is 5.32. The van der Waals surface area contributed by atoms with Gasteiger partial charge in [0, 0.05) is 12.1 Å². The summed E-state index contributed by atoms with van der Waals surface area (Å²) in [5.41, 5.74) is 9.29. The second-order valence-electron chi connectivity index (χ2n) is 5.32. The maximum Gasteiger partial charge on any atom is 0.306 e. The van der Waals surface area contributed by atoms with Gasteiger partial charge in [-0.25, -0.2) is 0 Å². The number of hydrogen-bond donors (Lipinski definition) is 1. The summed E-state index contributed by atoms with van der Waals surface area (Å²) in [4.78, 5) is 11.3. The van der Waals surface area contributed by atoms with E-state index in [4.69, 9.17) is 10.5 Å². The number of rotatable bonds is 7. The zero-order valence-electron chi connectivity index (χ0n) is 11.7. The molecule has 1 aromatic carbocycles. The van der Waals surface area contributed by atoms with Gasteiger partial charge in [-0.15, -0.1) is 0 Å². The van der Waals surface area contributed by atoms with Crippen LogP contribution in [0.15, 0.2) is 18.2 Å². The normalized spacial score (nSPS) is 16.8. The predicted molar refractivity (Wildman–Crippen MR) is 79.8 cm³/mol. The average Bonchev–Trinajstić information content (AvgIpc) is 3.21. The fraction of sp³-hybridized carbons (Fsp3) is 0.533. The van der Waals surface area contributed by atoms with Gasteiger partial charge in [-0.05, 0) is 37.0 Å². The van der Waals surface area contributed by atoms with Gasteiger partial charge in [0.25, 0.3) is 0 Å². The van der Waals surface area contributed by atoms with E-state index in [-0.39, 0.29) is 5.97 Å². The first-order chi connectivity index (χ1) is 9.19. The quantitative estimate of drug-likeness (QED) is 0.464. The largest absolute Gasteiger partial charge is 0.466 e. The van der Waals surface area contributed by atoms with Crippen molar-refractivity contribution in [3.8, 4) is 0 Å². The van der Waals surface area contributed by atoms with Crippen LogP contribution in [-0.2, 0) is 22.4 Å². The summed E-state index contributed by atoms with van der Waals surface area (Å²) in [5, 5.41) is 0. The van der Waals surface area contributed by atoms with Crippen molar-refractivity contribution in [1.82, 2.24) is 0 Å². The number of anilines is 1. The second kappa shape index (κ2) is 6.64. The molecule has 1 fully saturated rings. The molecular weight excluding hydrogens is 237 g/mol. The molecule has 1 aliphatic heterocycles. The highest BCUT2D eigenvalue weighted by Gasteiger charge is 2.22. The van der Waals surface area contributed by atoms with E-state index in [1.165, 1.54) is 31.1 Å². The van der Waals surface area contributed by atoms with Crippen molar-refractivity contribution in [3.05, 3.63) is 29.3 Å². The molecule has 0 aliphatic carbocycles. The van der Waals surface area contributed by atoms with Crippen molar-refractivity contribution in [2.24, 2.45) is 0 Å². The van der Waals surface area contributed by atoms with Crippen LogP contribution in [0.1, 0.15) is 30.9 Å². The van der Waals surface area contributed by atoms with Crippen LogP contribution in [0.25, 0.3) is 0 Å². The Morgan fingerprint density at radius 2 is 2.26 bits per heavy atom. The fourth-order valence-corrected chi connectivity index (χ4v) is 2.28.